The van der Waals surface area contributed by atoms with Gasteiger partial charge in [-0.1, -0.05) is 26.7 Å². The largest absolute Gasteiger partial charge is 0.314 e. The highest BCUT2D eigenvalue weighted by atomic mass is 79.9. The normalized spacial score (nSPS) is 28.7. The van der Waals surface area contributed by atoms with Crippen LogP contribution < -0.4 is 10.6 Å². The highest BCUT2D eigenvalue weighted by Crippen LogP contribution is 2.47. The van der Waals surface area contributed by atoms with Gasteiger partial charge in [-0.2, -0.15) is 0 Å². The average molecular weight is 476 g/mol. The molecule has 2 atom stereocenters. The van der Waals surface area contributed by atoms with Crippen molar-refractivity contribution in [1.82, 2.24) is 10.6 Å². The molecule has 5 rings (SSSR count). The van der Waals surface area contributed by atoms with Crippen LogP contribution in [-0.4, -0.2) is 25.2 Å². The molecule has 4 fully saturated rings. The van der Waals surface area contributed by atoms with Crippen LogP contribution in [0.15, 0.2) is 20.1 Å². The van der Waals surface area contributed by atoms with E-state index in [1.165, 1.54) is 64.5 Å². The van der Waals surface area contributed by atoms with Gasteiger partial charge >= 0.3 is 0 Å². The smallest absolute Gasteiger partial charge is 0.0579 e. The van der Waals surface area contributed by atoms with Crippen molar-refractivity contribution in [2.24, 2.45) is 10.8 Å². The molecule has 1 aromatic rings. The van der Waals surface area contributed by atoms with Crippen molar-refractivity contribution >= 4 is 39.9 Å². The van der Waals surface area contributed by atoms with E-state index in [-0.39, 0.29) is 0 Å². The SMILES string of the molecule is CC.CC1CC2(CCC2)CN1.CC1CC2(CCC2)CN1.Sc1cc(Br)cs1. The van der Waals surface area contributed by atoms with Crippen molar-refractivity contribution in [3.8, 4) is 0 Å². The Morgan fingerprint density at radius 1 is 0.963 bits per heavy atom. The van der Waals surface area contributed by atoms with E-state index in [4.69, 9.17) is 0 Å². The Labute approximate surface area is 185 Å². The van der Waals surface area contributed by atoms with Gasteiger partial charge < -0.3 is 10.6 Å². The van der Waals surface area contributed by atoms with E-state index in [9.17, 15) is 0 Å². The number of hydrogen-bond donors (Lipinski definition) is 3. The van der Waals surface area contributed by atoms with E-state index in [1.807, 2.05) is 25.3 Å². The Bertz CT molecular complexity index is 506. The lowest BCUT2D eigenvalue weighted by molar-refractivity contribution is 0.159. The molecule has 2 aliphatic carbocycles. The molecule has 2 N–H and O–H groups in total. The summed E-state index contributed by atoms with van der Waals surface area (Å²) in [5.41, 5.74) is 1.55. The van der Waals surface area contributed by atoms with Crippen LogP contribution >= 0.6 is 39.9 Å². The standard InChI is InChI=1S/2C8H15N.C4H3BrS2.C2H6/c2*1-7-5-8(6-9-7)3-2-4-8;5-3-1-4(6)7-2-3;1-2/h2*7,9H,2-6H2,1H3;1-2,6H;1-2H3. The molecular formula is C22H39BrN2S2. The molecule has 5 heteroatoms. The molecule has 3 heterocycles. The second kappa shape index (κ2) is 11.0. The summed E-state index contributed by atoms with van der Waals surface area (Å²) in [6, 6.07) is 3.56. The van der Waals surface area contributed by atoms with Gasteiger partial charge in [0.15, 0.2) is 0 Å². The maximum absolute atomic E-state index is 4.09. The van der Waals surface area contributed by atoms with Crippen molar-refractivity contribution in [1.29, 1.82) is 0 Å². The topological polar surface area (TPSA) is 24.1 Å². The van der Waals surface area contributed by atoms with E-state index in [1.54, 1.807) is 11.3 Å². The summed E-state index contributed by atoms with van der Waals surface area (Å²) in [4.78, 5) is 0. The predicted molar refractivity (Wildman–Crippen MR) is 127 cm³/mol. The highest BCUT2D eigenvalue weighted by Gasteiger charge is 2.42. The lowest BCUT2D eigenvalue weighted by Crippen LogP contribution is -2.31. The zero-order valence-corrected chi connectivity index (χ0v) is 20.9. The van der Waals surface area contributed by atoms with Crippen LogP contribution in [-0.2, 0) is 0 Å². The van der Waals surface area contributed by atoms with Crippen molar-refractivity contribution < 1.29 is 0 Å². The minimum atomic E-state index is 0.777. The third-order valence-electron chi connectivity index (χ3n) is 6.51. The van der Waals surface area contributed by atoms with Gasteiger partial charge in [-0.25, -0.2) is 0 Å². The van der Waals surface area contributed by atoms with Crippen LogP contribution in [0.2, 0.25) is 0 Å². The van der Waals surface area contributed by atoms with E-state index in [2.05, 4.69) is 53.0 Å². The second-order valence-corrected chi connectivity index (χ2v) is 11.4. The molecule has 4 aliphatic rings. The molecule has 0 aromatic carbocycles. The first-order chi connectivity index (χ1) is 12.9. The number of halogens is 1. The first-order valence-electron chi connectivity index (χ1n) is 10.8. The Kier molecular flexibility index (Phi) is 9.67. The van der Waals surface area contributed by atoms with Crippen molar-refractivity contribution in [3.05, 3.63) is 15.9 Å². The van der Waals surface area contributed by atoms with Gasteiger partial charge in [-0.15, -0.1) is 24.0 Å². The Morgan fingerprint density at radius 2 is 1.41 bits per heavy atom. The first kappa shape index (κ1) is 23.7. The quantitative estimate of drug-likeness (QED) is 0.356. The van der Waals surface area contributed by atoms with E-state index >= 15 is 0 Å². The average Bonchev–Trinajstić information content (AvgIpc) is 3.29. The zero-order valence-electron chi connectivity index (χ0n) is 17.6. The summed E-state index contributed by atoms with van der Waals surface area (Å²) in [6.07, 6.45) is 11.8. The van der Waals surface area contributed by atoms with Crippen LogP contribution in [0.5, 0.6) is 0 Å². The van der Waals surface area contributed by atoms with Crippen LogP contribution in [0.3, 0.4) is 0 Å². The maximum atomic E-state index is 4.09. The van der Waals surface area contributed by atoms with Crippen LogP contribution in [0, 0.1) is 10.8 Å². The Morgan fingerprint density at radius 3 is 1.52 bits per heavy atom. The van der Waals surface area contributed by atoms with Gasteiger partial charge in [0, 0.05) is 35.0 Å². The second-order valence-electron chi connectivity index (χ2n) is 8.78. The van der Waals surface area contributed by atoms with Gasteiger partial charge in [-0.05, 0) is 85.2 Å². The molecule has 0 bridgehead atoms. The minimum Gasteiger partial charge on any atom is -0.314 e. The van der Waals surface area contributed by atoms with E-state index in [0.717, 1.165) is 31.6 Å². The fourth-order valence-corrected chi connectivity index (χ4v) is 6.42. The predicted octanol–water partition coefficient (Wildman–Crippen LogP) is 6.90. The molecule has 2 saturated heterocycles. The third-order valence-corrected chi connectivity index (χ3v) is 8.45. The van der Waals surface area contributed by atoms with Gasteiger partial charge in [-0.3, -0.25) is 0 Å². The van der Waals surface area contributed by atoms with Crippen molar-refractivity contribution in [3.63, 3.8) is 0 Å². The van der Waals surface area contributed by atoms with Crippen LogP contribution in [0.1, 0.15) is 79.1 Å². The summed E-state index contributed by atoms with van der Waals surface area (Å²) < 4.78 is 2.16. The summed E-state index contributed by atoms with van der Waals surface area (Å²) in [6.45, 7) is 11.2. The van der Waals surface area contributed by atoms with Gasteiger partial charge in [0.05, 0.1) is 4.21 Å². The van der Waals surface area contributed by atoms with E-state index < -0.39 is 0 Å². The molecule has 156 valence electrons. The monoisotopic (exact) mass is 474 g/mol. The number of thiophene rings is 1. The summed E-state index contributed by atoms with van der Waals surface area (Å²) in [7, 11) is 0. The minimum absolute atomic E-state index is 0.777. The molecule has 0 radical (unpaired) electrons. The fraction of sp³-hybridized carbons (Fsp3) is 0.818. The van der Waals surface area contributed by atoms with Gasteiger partial charge in [0.25, 0.3) is 0 Å². The van der Waals surface area contributed by atoms with Crippen molar-refractivity contribution in [2.75, 3.05) is 13.1 Å². The molecule has 2 nitrogen and oxygen atoms in total. The summed E-state index contributed by atoms with van der Waals surface area (Å²) in [5.74, 6) is 0. The maximum Gasteiger partial charge on any atom is 0.0579 e. The molecule has 2 spiro atoms. The number of hydrogen-bond acceptors (Lipinski definition) is 4. The van der Waals surface area contributed by atoms with Crippen LogP contribution in [0.25, 0.3) is 0 Å². The van der Waals surface area contributed by atoms with Crippen LogP contribution in [0.4, 0.5) is 0 Å². The summed E-state index contributed by atoms with van der Waals surface area (Å²) in [5, 5.41) is 9.03. The number of nitrogens with one attached hydrogen (secondary N) is 2. The molecule has 1 aromatic heterocycles. The van der Waals surface area contributed by atoms with Gasteiger partial charge in [0.1, 0.15) is 0 Å². The van der Waals surface area contributed by atoms with E-state index in [0.29, 0.717) is 0 Å². The summed E-state index contributed by atoms with van der Waals surface area (Å²) >= 11 is 9.01. The molecule has 27 heavy (non-hydrogen) atoms. The molecule has 2 aliphatic heterocycles. The lowest BCUT2D eigenvalue weighted by Gasteiger charge is -2.37. The molecule has 0 amide bonds. The molecule has 2 saturated carbocycles. The molecule has 2 unspecified atom stereocenters. The Balaban J connectivity index is 0.000000140. The van der Waals surface area contributed by atoms with Crippen molar-refractivity contribution in [2.45, 2.75) is 95.4 Å². The molecular weight excluding hydrogens is 436 g/mol. The van der Waals surface area contributed by atoms with Gasteiger partial charge in [0.2, 0.25) is 0 Å². The third kappa shape index (κ3) is 7.02. The first-order valence-corrected chi connectivity index (χ1v) is 12.9. The number of thiol groups is 1. The zero-order chi connectivity index (χ0) is 19.9. The lowest BCUT2D eigenvalue weighted by atomic mass is 9.68. The Hall–Kier alpha value is 0.450. The fourth-order valence-electron chi connectivity index (χ4n) is 4.79. The highest BCUT2D eigenvalue weighted by molar-refractivity contribution is 9.10. The number of rotatable bonds is 0.